The number of hydrogen-bond acceptors (Lipinski definition) is 4. The zero-order chi connectivity index (χ0) is 12.0. The number of nitrogens with one attached hydrogen (secondary N) is 1. The van der Waals surface area contributed by atoms with Crippen LogP contribution in [-0.2, 0) is 0 Å². The number of aromatic nitrogens is 1. The SMILES string of the molecule is CC(CN[C@H](C)c1ccncc1)/C(N)=N/O. The number of nitrogens with zero attached hydrogens (tertiary/aromatic N) is 2. The molecule has 4 N–H and O–H groups in total. The highest BCUT2D eigenvalue weighted by Gasteiger charge is 2.10. The van der Waals surface area contributed by atoms with Gasteiger partial charge in [0.1, 0.15) is 5.84 Å². The van der Waals surface area contributed by atoms with Crippen LogP contribution in [0.5, 0.6) is 0 Å². The summed E-state index contributed by atoms with van der Waals surface area (Å²) < 4.78 is 0. The Morgan fingerprint density at radius 1 is 1.50 bits per heavy atom. The van der Waals surface area contributed by atoms with Crippen LogP contribution in [0.4, 0.5) is 0 Å². The maximum absolute atomic E-state index is 8.51. The summed E-state index contributed by atoms with van der Waals surface area (Å²) in [5, 5.41) is 14.8. The highest BCUT2D eigenvalue weighted by molar-refractivity contribution is 5.82. The van der Waals surface area contributed by atoms with Crippen LogP contribution in [0, 0.1) is 5.92 Å². The van der Waals surface area contributed by atoms with E-state index in [1.165, 1.54) is 5.56 Å². The van der Waals surface area contributed by atoms with E-state index in [0.717, 1.165) is 0 Å². The van der Waals surface area contributed by atoms with Crippen molar-refractivity contribution in [1.29, 1.82) is 0 Å². The van der Waals surface area contributed by atoms with Crippen molar-refractivity contribution < 1.29 is 5.21 Å². The Labute approximate surface area is 95.4 Å². The molecule has 0 radical (unpaired) electrons. The molecule has 0 saturated carbocycles. The number of amidine groups is 1. The third-order valence-electron chi connectivity index (χ3n) is 2.56. The molecule has 0 bridgehead atoms. The number of rotatable bonds is 5. The summed E-state index contributed by atoms with van der Waals surface area (Å²) in [6.45, 7) is 4.63. The fourth-order valence-corrected chi connectivity index (χ4v) is 1.33. The number of nitrogens with two attached hydrogens (primary N) is 1. The molecule has 2 atom stereocenters. The molecule has 0 aromatic carbocycles. The van der Waals surface area contributed by atoms with E-state index in [2.05, 4.69) is 22.4 Å². The largest absolute Gasteiger partial charge is 0.409 e. The van der Waals surface area contributed by atoms with Crippen LogP contribution in [0.3, 0.4) is 0 Å². The average molecular weight is 222 g/mol. The Balaban J connectivity index is 2.45. The smallest absolute Gasteiger partial charge is 0.143 e. The molecule has 1 unspecified atom stereocenters. The standard InChI is InChI=1S/C11H18N4O/c1-8(11(12)15-16)7-14-9(2)10-3-5-13-6-4-10/h3-6,8-9,14,16H,7H2,1-2H3,(H2,12,15)/t8?,9-/m1/s1. The first kappa shape index (κ1) is 12.4. The van der Waals surface area contributed by atoms with E-state index in [9.17, 15) is 0 Å². The topological polar surface area (TPSA) is 83.5 Å². The van der Waals surface area contributed by atoms with E-state index in [1.807, 2.05) is 19.1 Å². The molecule has 0 amide bonds. The van der Waals surface area contributed by atoms with Crippen LogP contribution in [0.15, 0.2) is 29.7 Å². The van der Waals surface area contributed by atoms with Gasteiger partial charge >= 0.3 is 0 Å². The summed E-state index contributed by atoms with van der Waals surface area (Å²) in [6, 6.07) is 4.15. The van der Waals surface area contributed by atoms with Gasteiger partial charge in [-0.1, -0.05) is 12.1 Å². The van der Waals surface area contributed by atoms with Crippen molar-refractivity contribution in [2.75, 3.05) is 6.54 Å². The second-order valence-electron chi connectivity index (χ2n) is 3.84. The van der Waals surface area contributed by atoms with Gasteiger partial charge < -0.3 is 16.3 Å². The fourth-order valence-electron chi connectivity index (χ4n) is 1.33. The number of hydrogen-bond donors (Lipinski definition) is 3. The Morgan fingerprint density at radius 3 is 2.69 bits per heavy atom. The molecular weight excluding hydrogens is 204 g/mol. The molecule has 1 aromatic rings. The first-order valence-corrected chi connectivity index (χ1v) is 5.26. The van der Waals surface area contributed by atoms with E-state index < -0.39 is 0 Å². The predicted octanol–water partition coefficient (Wildman–Crippen LogP) is 1.11. The van der Waals surface area contributed by atoms with Crippen molar-refractivity contribution in [3.05, 3.63) is 30.1 Å². The van der Waals surface area contributed by atoms with Gasteiger partial charge in [0.2, 0.25) is 0 Å². The van der Waals surface area contributed by atoms with E-state index >= 15 is 0 Å². The molecule has 0 aliphatic heterocycles. The lowest BCUT2D eigenvalue weighted by atomic mass is 10.1. The first-order chi connectivity index (χ1) is 7.65. The second-order valence-corrected chi connectivity index (χ2v) is 3.84. The molecule has 0 saturated heterocycles. The quantitative estimate of drug-likeness (QED) is 0.301. The molecular formula is C11H18N4O. The molecule has 1 rings (SSSR count). The van der Waals surface area contributed by atoms with Crippen LogP contribution >= 0.6 is 0 Å². The molecule has 1 aromatic heterocycles. The normalized spacial score (nSPS) is 15.8. The Hall–Kier alpha value is -1.62. The fraction of sp³-hybridized carbons (Fsp3) is 0.455. The summed E-state index contributed by atoms with van der Waals surface area (Å²) in [5.74, 6) is 0.253. The molecule has 88 valence electrons. The van der Waals surface area contributed by atoms with Gasteiger partial charge in [-0.25, -0.2) is 0 Å². The summed E-state index contributed by atoms with van der Waals surface area (Å²) in [4.78, 5) is 3.96. The van der Waals surface area contributed by atoms with Crippen LogP contribution in [0.25, 0.3) is 0 Å². The zero-order valence-electron chi connectivity index (χ0n) is 9.59. The molecule has 5 nitrogen and oxygen atoms in total. The van der Waals surface area contributed by atoms with Crippen molar-refractivity contribution in [2.24, 2.45) is 16.8 Å². The van der Waals surface area contributed by atoms with Crippen LogP contribution in [-0.4, -0.2) is 22.6 Å². The summed E-state index contributed by atoms with van der Waals surface area (Å²) in [5.41, 5.74) is 6.66. The van der Waals surface area contributed by atoms with Gasteiger partial charge in [0.15, 0.2) is 0 Å². The van der Waals surface area contributed by atoms with Crippen molar-refractivity contribution in [1.82, 2.24) is 10.3 Å². The minimum absolute atomic E-state index is 0.00860. The van der Waals surface area contributed by atoms with E-state index in [4.69, 9.17) is 10.9 Å². The molecule has 0 spiro atoms. The molecule has 0 fully saturated rings. The molecule has 5 heteroatoms. The first-order valence-electron chi connectivity index (χ1n) is 5.26. The van der Waals surface area contributed by atoms with Crippen LogP contribution < -0.4 is 11.1 Å². The highest BCUT2D eigenvalue weighted by atomic mass is 16.4. The van der Waals surface area contributed by atoms with Crippen LogP contribution in [0.2, 0.25) is 0 Å². The number of pyridine rings is 1. The van der Waals surface area contributed by atoms with Gasteiger partial charge in [0.05, 0.1) is 0 Å². The minimum Gasteiger partial charge on any atom is -0.409 e. The second kappa shape index (κ2) is 6.07. The molecule has 1 heterocycles. The Morgan fingerprint density at radius 2 is 2.12 bits per heavy atom. The van der Waals surface area contributed by atoms with Crippen LogP contribution in [0.1, 0.15) is 25.5 Å². The van der Waals surface area contributed by atoms with E-state index in [0.29, 0.717) is 6.54 Å². The van der Waals surface area contributed by atoms with Crippen molar-refractivity contribution in [3.8, 4) is 0 Å². The maximum Gasteiger partial charge on any atom is 0.143 e. The monoisotopic (exact) mass is 222 g/mol. The Bertz CT molecular complexity index is 339. The van der Waals surface area contributed by atoms with E-state index in [1.54, 1.807) is 12.4 Å². The van der Waals surface area contributed by atoms with Crippen molar-refractivity contribution in [3.63, 3.8) is 0 Å². The summed E-state index contributed by atoms with van der Waals surface area (Å²) >= 11 is 0. The van der Waals surface area contributed by atoms with Gasteiger partial charge in [-0.2, -0.15) is 0 Å². The van der Waals surface area contributed by atoms with Gasteiger partial charge in [-0.3, -0.25) is 4.98 Å². The zero-order valence-corrected chi connectivity index (χ0v) is 9.59. The minimum atomic E-state index is 0.00860. The maximum atomic E-state index is 8.51. The van der Waals surface area contributed by atoms with Gasteiger partial charge in [0, 0.05) is 30.9 Å². The van der Waals surface area contributed by atoms with E-state index in [-0.39, 0.29) is 17.8 Å². The lowest BCUT2D eigenvalue weighted by Crippen LogP contribution is -2.32. The van der Waals surface area contributed by atoms with Crippen molar-refractivity contribution in [2.45, 2.75) is 19.9 Å². The number of oxime groups is 1. The Kier molecular flexibility index (Phi) is 4.72. The summed E-state index contributed by atoms with van der Waals surface area (Å²) in [7, 11) is 0. The lowest BCUT2D eigenvalue weighted by molar-refractivity contribution is 0.313. The molecule has 0 aliphatic rings. The average Bonchev–Trinajstić information content (AvgIpc) is 2.35. The third kappa shape index (κ3) is 3.51. The molecule has 0 aliphatic carbocycles. The lowest BCUT2D eigenvalue weighted by Gasteiger charge is -2.17. The predicted molar refractivity (Wildman–Crippen MR) is 63.2 cm³/mol. The molecule has 16 heavy (non-hydrogen) atoms. The van der Waals surface area contributed by atoms with Gasteiger partial charge in [-0.15, -0.1) is 0 Å². The van der Waals surface area contributed by atoms with Crippen molar-refractivity contribution >= 4 is 5.84 Å². The van der Waals surface area contributed by atoms with Gasteiger partial charge in [0.25, 0.3) is 0 Å². The van der Waals surface area contributed by atoms with Gasteiger partial charge in [-0.05, 0) is 24.6 Å². The third-order valence-corrected chi connectivity index (χ3v) is 2.56. The highest BCUT2D eigenvalue weighted by Crippen LogP contribution is 2.10. The summed E-state index contributed by atoms with van der Waals surface area (Å²) in [6.07, 6.45) is 3.53.